The van der Waals surface area contributed by atoms with Crippen LogP contribution in [0.4, 0.5) is 5.69 Å². The first-order valence-electron chi connectivity index (χ1n) is 6.14. The maximum absolute atomic E-state index is 5.96. The van der Waals surface area contributed by atoms with Crippen molar-refractivity contribution in [3.05, 3.63) is 53.1 Å². The van der Waals surface area contributed by atoms with Crippen LogP contribution in [-0.2, 0) is 6.42 Å². The minimum atomic E-state index is 0.0334. The quantitative estimate of drug-likeness (QED) is 0.874. The summed E-state index contributed by atoms with van der Waals surface area (Å²) in [7, 11) is 0. The summed E-state index contributed by atoms with van der Waals surface area (Å²) in [5, 5.41) is 0.738. The Morgan fingerprint density at radius 1 is 1.21 bits per heavy atom. The van der Waals surface area contributed by atoms with Crippen molar-refractivity contribution in [3.8, 4) is 11.5 Å². The maximum atomic E-state index is 5.96. The molecule has 0 fully saturated rings. The SMILES string of the molecule is Nc1ccc(OCC2Cc3cc(Cl)ccc3O2)cc1. The first kappa shape index (κ1) is 12.2. The van der Waals surface area contributed by atoms with Gasteiger partial charge in [0.1, 0.15) is 24.2 Å². The zero-order valence-electron chi connectivity index (χ0n) is 10.3. The Hall–Kier alpha value is -1.87. The second-order valence-electron chi connectivity index (χ2n) is 4.58. The largest absolute Gasteiger partial charge is 0.490 e. The third-order valence-corrected chi connectivity index (χ3v) is 3.31. The zero-order valence-corrected chi connectivity index (χ0v) is 11.1. The van der Waals surface area contributed by atoms with Gasteiger partial charge >= 0.3 is 0 Å². The van der Waals surface area contributed by atoms with Crippen molar-refractivity contribution in [1.82, 2.24) is 0 Å². The predicted molar refractivity (Wildman–Crippen MR) is 75.9 cm³/mol. The van der Waals surface area contributed by atoms with Crippen molar-refractivity contribution in [2.75, 3.05) is 12.3 Å². The van der Waals surface area contributed by atoms with Crippen molar-refractivity contribution < 1.29 is 9.47 Å². The molecular weight excluding hydrogens is 262 g/mol. The van der Waals surface area contributed by atoms with Gasteiger partial charge in [-0.2, -0.15) is 0 Å². The van der Waals surface area contributed by atoms with Gasteiger partial charge in [0.05, 0.1) is 0 Å². The van der Waals surface area contributed by atoms with E-state index in [1.54, 1.807) is 0 Å². The van der Waals surface area contributed by atoms with Gasteiger partial charge in [0.2, 0.25) is 0 Å². The lowest BCUT2D eigenvalue weighted by atomic mass is 10.1. The minimum absolute atomic E-state index is 0.0334. The molecule has 1 unspecified atom stereocenters. The van der Waals surface area contributed by atoms with Gasteiger partial charge in [-0.3, -0.25) is 0 Å². The first-order chi connectivity index (χ1) is 9.20. The van der Waals surface area contributed by atoms with Crippen LogP contribution in [0.1, 0.15) is 5.56 Å². The molecule has 4 heteroatoms. The lowest BCUT2D eigenvalue weighted by molar-refractivity contribution is 0.148. The fourth-order valence-electron chi connectivity index (χ4n) is 2.14. The van der Waals surface area contributed by atoms with Crippen LogP contribution in [0.15, 0.2) is 42.5 Å². The number of fused-ring (bicyclic) bond motifs is 1. The highest BCUT2D eigenvalue weighted by Crippen LogP contribution is 2.31. The molecule has 0 saturated carbocycles. The van der Waals surface area contributed by atoms with Crippen LogP contribution >= 0.6 is 11.6 Å². The molecule has 0 aromatic heterocycles. The molecule has 19 heavy (non-hydrogen) atoms. The number of rotatable bonds is 3. The van der Waals surface area contributed by atoms with E-state index in [1.165, 1.54) is 0 Å². The van der Waals surface area contributed by atoms with Gasteiger partial charge in [-0.15, -0.1) is 0 Å². The number of anilines is 1. The smallest absolute Gasteiger partial charge is 0.137 e. The van der Waals surface area contributed by atoms with Crippen molar-refractivity contribution in [2.24, 2.45) is 0 Å². The molecule has 1 aliphatic heterocycles. The second kappa shape index (κ2) is 5.02. The summed E-state index contributed by atoms with van der Waals surface area (Å²) in [6.45, 7) is 0.510. The van der Waals surface area contributed by atoms with Crippen LogP contribution in [0.5, 0.6) is 11.5 Å². The van der Waals surface area contributed by atoms with Crippen LogP contribution in [0.2, 0.25) is 5.02 Å². The molecule has 98 valence electrons. The average Bonchev–Trinajstić information content (AvgIpc) is 2.80. The highest BCUT2D eigenvalue weighted by molar-refractivity contribution is 6.30. The van der Waals surface area contributed by atoms with E-state index >= 15 is 0 Å². The number of ether oxygens (including phenoxy) is 2. The summed E-state index contributed by atoms with van der Waals surface area (Å²) in [4.78, 5) is 0. The number of benzene rings is 2. The Morgan fingerprint density at radius 2 is 2.00 bits per heavy atom. The molecule has 0 spiro atoms. The Labute approximate surface area is 116 Å². The average molecular weight is 276 g/mol. The number of hydrogen-bond acceptors (Lipinski definition) is 3. The predicted octanol–water partition coefficient (Wildman–Crippen LogP) is 3.30. The van der Waals surface area contributed by atoms with Crippen LogP contribution in [0.25, 0.3) is 0 Å². The first-order valence-corrected chi connectivity index (χ1v) is 6.52. The number of nitrogen functional groups attached to an aromatic ring is 1. The van der Waals surface area contributed by atoms with Gasteiger partial charge in [-0.1, -0.05) is 11.6 Å². The summed E-state index contributed by atoms with van der Waals surface area (Å²) >= 11 is 5.96. The Bertz CT molecular complexity index is 583. The second-order valence-corrected chi connectivity index (χ2v) is 5.01. The van der Waals surface area contributed by atoms with Crippen molar-refractivity contribution in [3.63, 3.8) is 0 Å². The van der Waals surface area contributed by atoms with Crippen LogP contribution < -0.4 is 15.2 Å². The van der Waals surface area contributed by atoms with Crippen LogP contribution in [-0.4, -0.2) is 12.7 Å². The molecule has 3 rings (SSSR count). The molecule has 0 amide bonds. The molecule has 1 atom stereocenters. The van der Waals surface area contributed by atoms with E-state index in [4.69, 9.17) is 26.8 Å². The highest BCUT2D eigenvalue weighted by Gasteiger charge is 2.23. The fraction of sp³-hybridized carbons (Fsp3) is 0.200. The molecule has 0 aliphatic carbocycles. The third-order valence-electron chi connectivity index (χ3n) is 3.08. The monoisotopic (exact) mass is 275 g/mol. The molecule has 2 aromatic rings. The zero-order chi connectivity index (χ0) is 13.2. The molecule has 2 N–H and O–H groups in total. The third kappa shape index (κ3) is 2.76. The molecule has 3 nitrogen and oxygen atoms in total. The summed E-state index contributed by atoms with van der Waals surface area (Å²) < 4.78 is 11.5. The Balaban J connectivity index is 1.60. The summed E-state index contributed by atoms with van der Waals surface area (Å²) in [6.07, 6.45) is 0.858. The van der Waals surface area contributed by atoms with Crippen molar-refractivity contribution >= 4 is 17.3 Å². The summed E-state index contributed by atoms with van der Waals surface area (Å²) in [6, 6.07) is 13.0. The fourth-order valence-corrected chi connectivity index (χ4v) is 2.33. The van der Waals surface area contributed by atoms with Gasteiger partial charge in [-0.05, 0) is 48.0 Å². The maximum Gasteiger partial charge on any atom is 0.137 e. The highest BCUT2D eigenvalue weighted by atomic mass is 35.5. The van der Waals surface area contributed by atoms with Gasteiger partial charge in [-0.25, -0.2) is 0 Å². The van der Waals surface area contributed by atoms with E-state index in [1.807, 2.05) is 42.5 Å². The molecule has 0 radical (unpaired) electrons. The number of nitrogens with two attached hydrogens (primary N) is 1. The van der Waals surface area contributed by atoms with E-state index in [0.29, 0.717) is 6.61 Å². The van der Waals surface area contributed by atoms with E-state index in [0.717, 1.165) is 34.2 Å². The topological polar surface area (TPSA) is 44.5 Å². The lowest BCUT2D eigenvalue weighted by Gasteiger charge is -2.12. The van der Waals surface area contributed by atoms with E-state index in [9.17, 15) is 0 Å². The van der Waals surface area contributed by atoms with Crippen LogP contribution in [0.3, 0.4) is 0 Å². The normalized spacial score (nSPS) is 16.8. The molecule has 0 bridgehead atoms. The summed E-state index contributed by atoms with van der Waals surface area (Å²) in [5.41, 5.74) is 7.49. The van der Waals surface area contributed by atoms with Crippen molar-refractivity contribution in [1.29, 1.82) is 0 Å². The number of halogens is 1. The van der Waals surface area contributed by atoms with Crippen molar-refractivity contribution in [2.45, 2.75) is 12.5 Å². The molecule has 0 saturated heterocycles. The number of hydrogen-bond donors (Lipinski definition) is 1. The lowest BCUT2D eigenvalue weighted by Crippen LogP contribution is -2.22. The molecular formula is C15H14ClNO2. The molecule has 1 aliphatic rings. The molecule has 2 aromatic carbocycles. The van der Waals surface area contributed by atoms with Gasteiger partial charge in [0.25, 0.3) is 0 Å². The van der Waals surface area contributed by atoms with E-state index < -0.39 is 0 Å². The van der Waals surface area contributed by atoms with Gasteiger partial charge < -0.3 is 15.2 Å². The minimum Gasteiger partial charge on any atom is -0.490 e. The van der Waals surface area contributed by atoms with Gasteiger partial charge in [0, 0.05) is 17.1 Å². The Morgan fingerprint density at radius 3 is 2.79 bits per heavy atom. The van der Waals surface area contributed by atoms with Gasteiger partial charge in [0.15, 0.2) is 0 Å². The summed E-state index contributed by atoms with van der Waals surface area (Å²) in [5.74, 6) is 1.70. The Kier molecular flexibility index (Phi) is 3.22. The van der Waals surface area contributed by atoms with E-state index in [-0.39, 0.29) is 6.10 Å². The van der Waals surface area contributed by atoms with E-state index in [2.05, 4.69) is 0 Å². The molecule has 1 heterocycles. The standard InChI is InChI=1S/C15H14ClNO2/c16-11-1-6-15-10(7-11)8-14(19-15)9-18-13-4-2-12(17)3-5-13/h1-7,14H,8-9,17H2. The van der Waals surface area contributed by atoms with Crippen LogP contribution in [0, 0.1) is 0 Å².